The maximum Gasteiger partial charge on any atom is 0.245 e. The lowest BCUT2D eigenvalue weighted by Crippen LogP contribution is -2.51. The molecule has 3 rings (SSSR count). The number of aromatic nitrogens is 1. The number of nitrogens with zero attached hydrogens (tertiary/aromatic N) is 2. The van der Waals surface area contributed by atoms with Gasteiger partial charge in [0.2, 0.25) is 10.0 Å². The lowest BCUT2D eigenvalue weighted by Gasteiger charge is -2.36. The second kappa shape index (κ2) is 4.33. The molecule has 0 aliphatic carbocycles. The maximum absolute atomic E-state index is 12.5. The lowest BCUT2D eigenvalue weighted by molar-refractivity contribution is 0.117. The molecule has 19 heavy (non-hydrogen) atoms. The van der Waals surface area contributed by atoms with E-state index in [1.54, 1.807) is 6.20 Å². The minimum absolute atomic E-state index is 0.0432. The van der Waals surface area contributed by atoms with Gasteiger partial charge in [-0.05, 0) is 6.07 Å². The van der Waals surface area contributed by atoms with Crippen molar-refractivity contribution < 1.29 is 13.5 Å². The number of hydrogen-bond acceptors (Lipinski definition) is 3. The third kappa shape index (κ3) is 1.87. The summed E-state index contributed by atoms with van der Waals surface area (Å²) in [7, 11) is -1.61. The molecule has 0 bridgehead atoms. The molecule has 102 valence electrons. The van der Waals surface area contributed by atoms with Crippen LogP contribution >= 0.6 is 0 Å². The van der Waals surface area contributed by atoms with Gasteiger partial charge in [0.1, 0.15) is 4.90 Å². The third-order valence-corrected chi connectivity index (χ3v) is 5.52. The number of hydrogen-bond donors (Lipinski definition) is 1. The summed E-state index contributed by atoms with van der Waals surface area (Å²) in [6, 6.07) is 7.46. The summed E-state index contributed by atoms with van der Waals surface area (Å²) in [5.41, 5.74) is 0.903. The van der Waals surface area contributed by atoms with Gasteiger partial charge in [0.15, 0.2) is 0 Å². The zero-order chi connectivity index (χ0) is 13.6. The van der Waals surface area contributed by atoms with Crippen LogP contribution in [0.3, 0.4) is 0 Å². The first-order valence-corrected chi connectivity index (χ1v) is 7.63. The average molecular weight is 280 g/mol. The SMILES string of the molecule is Cn1cc(S(=O)(=O)N2CC(CO)C2)c2ccccc21. The van der Waals surface area contributed by atoms with E-state index in [1.165, 1.54) is 4.31 Å². The minimum Gasteiger partial charge on any atom is -0.396 e. The van der Waals surface area contributed by atoms with Gasteiger partial charge in [-0.1, -0.05) is 18.2 Å². The Balaban J connectivity index is 2.05. The molecule has 0 amide bonds. The van der Waals surface area contributed by atoms with Gasteiger partial charge in [-0.2, -0.15) is 4.31 Å². The molecule has 2 heterocycles. The maximum atomic E-state index is 12.5. The van der Waals surface area contributed by atoms with E-state index < -0.39 is 10.0 Å². The van der Waals surface area contributed by atoms with E-state index in [0.29, 0.717) is 18.0 Å². The van der Waals surface area contributed by atoms with Gasteiger partial charge in [0.25, 0.3) is 0 Å². The Labute approximate surface area is 112 Å². The van der Waals surface area contributed by atoms with Crippen molar-refractivity contribution >= 4 is 20.9 Å². The summed E-state index contributed by atoms with van der Waals surface area (Å²) in [6.07, 6.45) is 1.66. The number of benzene rings is 1. The molecule has 5 nitrogen and oxygen atoms in total. The van der Waals surface area contributed by atoms with Crippen LogP contribution in [0.15, 0.2) is 35.4 Å². The first-order valence-electron chi connectivity index (χ1n) is 6.19. The second-order valence-electron chi connectivity index (χ2n) is 4.99. The number of fused-ring (bicyclic) bond motifs is 1. The molecule has 1 aromatic heterocycles. The van der Waals surface area contributed by atoms with Crippen molar-refractivity contribution in [2.75, 3.05) is 19.7 Å². The van der Waals surface area contributed by atoms with Gasteiger partial charge in [0.05, 0.1) is 0 Å². The van der Waals surface area contributed by atoms with Crippen LogP contribution < -0.4 is 0 Å². The van der Waals surface area contributed by atoms with Gasteiger partial charge < -0.3 is 9.67 Å². The first kappa shape index (κ1) is 12.7. The largest absolute Gasteiger partial charge is 0.396 e. The van der Waals surface area contributed by atoms with E-state index >= 15 is 0 Å². The number of rotatable bonds is 3. The highest BCUT2D eigenvalue weighted by molar-refractivity contribution is 7.89. The minimum atomic E-state index is -3.45. The lowest BCUT2D eigenvalue weighted by atomic mass is 10.1. The highest BCUT2D eigenvalue weighted by Crippen LogP contribution is 2.30. The molecular formula is C13H16N2O3S. The van der Waals surface area contributed by atoms with Crippen LogP contribution in [0.5, 0.6) is 0 Å². The first-order chi connectivity index (χ1) is 9.04. The van der Waals surface area contributed by atoms with Crippen molar-refractivity contribution in [3.05, 3.63) is 30.5 Å². The Morgan fingerprint density at radius 2 is 2.00 bits per heavy atom. The van der Waals surface area contributed by atoms with E-state index in [2.05, 4.69) is 0 Å². The Bertz CT molecular complexity index is 715. The van der Waals surface area contributed by atoms with E-state index in [1.807, 2.05) is 35.9 Å². The molecule has 1 aliphatic rings. The number of aryl methyl sites for hydroxylation is 1. The summed E-state index contributed by atoms with van der Waals surface area (Å²) in [5.74, 6) is 0.0738. The van der Waals surface area contributed by atoms with Gasteiger partial charge in [-0.3, -0.25) is 0 Å². The van der Waals surface area contributed by atoms with Crippen molar-refractivity contribution in [3.8, 4) is 0 Å². The van der Waals surface area contributed by atoms with Crippen molar-refractivity contribution in [1.82, 2.24) is 8.87 Å². The molecule has 6 heteroatoms. The van der Waals surface area contributed by atoms with Crippen molar-refractivity contribution in [1.29, 1.82) is 0 Å². The molecular weight excluding hydrogens is 264 g/mol. The number of aliphatic hydroxyl groups is 1. The Morgan fingerprint density at radius 3 is 2.68 bits per heavy atom. The fraction of sp³-hybridized carbons (Fsp3) is 0.385. The molecule has 1 aliphatic heterocycles. The summed E-state index contributed by atoms with van der Waals surface area (Å²) in [4.78, 5) is 0.349. The monoisotopic (exact) mass is 280 g/mol. The predicted molar refractivity (Wildman–Crippen MR) is 72.3 cm³/mol. The van der Waals surface area contributed by atoms with E-state index in [0.717, 1.165) is 10.9 Å². The smallest absolute Gasteiger partial charge is 0.245 e. The molecule has 1 aromatic carbocycles. The van der Waals surface area contributed by atoms with E-state index in [-0.39, 0.29) is 12.5 Å². The molecule has 0 unspecified atom stereocenters. The summed E-state index contributed by atoms with van der Waals surface area (Å²) >= 11 is 0. The molecule has 0 saturated carbocycles. The Morgan fingerprint density at radius 1 is 1.32 bits per heavy atom. The molecule has 1 fully saturated rings. The average Bonchev–Trinajstić information content (AvgIpc) is 2.67. The topological polar surface area (TPSA) is 62.5 Å². The van der Waals surface area contributed by atoms with Crippen LogP contribution in [-0.2, 0) is 17.1 Å². The van der Waals surface area contributed by atoms with Crippen LogP contribution in [0.2, 0.25) is 0 Å². The highest BCUT2D eigenvalue weighted by atomic mass is 32.2. The normalized spacial score (nSPS) is 17.8. The van der Waals surface area contributed by atoms with Crippen molar-refractivity contribution in [3.63, 3.8) is 0 Å². The van der Waals surface area contributed by atoms with Gasteiger partial charge in [0, 0.05) is 49.8 Å². The van der Waals surface area contributed by atoms with E-state index in [9.17, 15) is 8.42 Å². The zero-order valence-electron chi connectivity index (χ0n) is 10.7. The summed E-state index contributed by atoms with van der Waals surface area (Å²) < 4.78 is 28.3. The quantitative estimate of drug-likeness (QED) is 0.904. The second-order valence-corrected chi connectivity index (χ2v) is 6.90. The van der Waals surface area contributed by atoms with Gasteiger partial charge >= 0.3 is 0 Å². The molecule has 2 aromatic rings. The highest BCUT2D eigenvalue weighted by Gasteiger charge is 2.37. The van der Waals surface area contributed by atoms with Gasteiger partial charge in [-0.15, -0.1) is 0 Å². The van der Waals surface area contributed by atoms with Crippen LogP contribution in [0, 0.1) is 5.92 Å². The predicted octanol–water partition coefficient (Wildman–Crippen LogP) is 0.791. The van der Waals surface area contributed by atoms with Crippen molar-refractivity contribution in [2.24, 2.45) is 13.0 Å². The number of aliphatic hydroxyl groups excluding tert-OH is 1. The van der Waals surface area contributed by atoms with Crippen molar-refractivity contribution in [2.45, 2.75) is 4.90 Å². The number of para-hydroxylation sites is 1. The molecule has 0 radical (unpaired) electrons. The molecule has 1 saturated heterocycles. The standard InChI is InChI=1S/C13H16N2O3S/c1-14-8-13(11-4-2-3-5-12(11)14)19(17,18)15-6-10(7-15)9-16/h2-5,8,10,16H,6-7,9H2,1H3. The molecule has 0 spiro atoms. The fourth-order valence-electron chi connectivity index (χ4n) is 2.48. The molecule has 0 atom stereocenters. The summed E-state index contributed by atoms with van der Waals surface area (Å²) in [5, 5.41) is 9.74. The van der Waals surface area contributed by atoms with Crippen LogP contribution in [0.25, 0.3) is 10.9 Å². The van der Waals surface area contributed by atoms with Crippen LogP contribution in [0.4, 0.5) is 0 Å². The Hall–Kier alpha value is -1.37. The van der Waals surface area contributed by atoms with Gasteiger partial charge in [-0.25, -0.2) is 8.42 Å². The fourth-order valence-corrected chi connectivity index (χ4v) is 4.32. The summed E-state index contributed by atoms with van der Waals surface area (Å²) in [6.45, 7) is 0.853. The van der Waals surface area contributed by atoms with E-state index in [4.69, 9.17) is 5.11 Å². The number of sulfonamides is 1. The molecule has 1 N–H and O–H groups in total. The Kier molecular flexibility index (Phi) is 2.88. The zero-order valence-corrected chi connectivity index (χ0v) is 11.5. The van der Waals surface area contributed by atoms with Crippen LogP contribution in [0.1, 0.15) is 0 Å². The van der Waals surface area contributed by atoms with Crippen LogP contribution in [-0.4, -0.2) is 42.1 Å². The third-order valence-electron chi connectivity index (χ3n) is 3.66.